The number of rotatable bonds is 5. The number of nitrogens with one attached hydrogen (secondary N) is 3. The molecular weight excluding hydrogens is 295 g/mol. The van der Waals surface area contributed by atoms with Gasteiger partial charge in [0, 0.05) is 18.8 Å². The van der Waals surface area contributed by atoms with Crippen LogP contribution in [-0.2, 0) is 0 Å². The second-order valence-electron chi connectivity index (χ2n) is 4.14. The number of benzene rings is 1. The average molecular weight is 308 g/mol. The maximum atomic E-state index is 12.7. The average Bonchev–Trinajstić information content (AvgIpc) is 2.92. The van der Waals surface area contributed by atoms with Gasteiger partial charge in [0.05, 0.1) is 0 Å². The molecule has 0 fully saturated rings. The van der Waals surface area contributed by atoms with Crippen LogP contribution in [0, 0.1) is 5.82 Å². The van der Waals surface area contributed by atoms with Crippen molar-refractivity contribution in [1.82, 2.24) is 20.9 Å². The van der Waals surface area contributed by atoms with Gasteiger partial charge in [-0.15, -0.1) is 0 Å². The smallest absolute Gasteiger partial charge is 0.319 e. The van der Waals surface area contributed by atoms with Gasteiger partial charge in [-0.2, -0.15) is 0 Å². The normalized spacial score (nSPS) is 10.0. The third-order valence-corrected chi connectivity index (χ3v) is 2.53. The third kappa shape index (κ3) is 4.16. The molecule has 22 heavy (non-hydrogen) atoms. The van der Waals surface area contributed by atoms with Crippen molar-refractivity contribution in [3.05, 3.63) is 35.8 Å². The van der Waals surface area contributed by atoms with Crippen molar-refractivity contribution < 1.29 is 18.6 Å². The summed E-state index contributed by atoms with van der Waals surface area (Å²) in [5, 5.41) is 14.1. The second-order valence-corrected chi connectivity index (χ2v) is 4.14. The number of nitrogen functional groups attached to an aromatic ring is 1. The zero-order valence-corrected chi connectivity index (χ0v) is 11.3. The van der Waals surface area contributed by atoms with Crippen molar-refractivity contribution in [3.8, 4) is 0 Å². The molecule has 0 saturated carbocycles. The molecule has 2 aromatic rings. The molecule has 0 aliphatic carbocycles. The Morgan fingerprint density at radius 3 is 2.45 bits per heavy atom. The van der Waals surface area contributed by atoms with Crippen LogP contribution in [0.3, 0.4) is 0 Å². The number of amides is 3. The quantitative estimate of drug-likeness (QED) is 0.588. The standard InChI is InChI=1S/C12H13FN6O3/c13-7-1-3-8(4-2-7)17-12(21)16-6-5-15-11(20)9-10(14)19-22-18-9/h1-4H,5-6H2,(H2,14,19)(H,15,20)(H2,16,17,21). The lowest BCUT2D eigenvalue weighted by atomic mass is 10.3. The van der Waals surface area contributed by atoms with E-state index in [1.54, 1.807) is 0 Å². The number of hydrogen-bond donors (Lipinski definition) is 4. The van der Waals surface area contributed by atoms with Crippen LogP contribution in [0.15, 0.2) is 28.9 Å². The number of halogens is 1. The molecule has 0 aliphatic heterocycles. The van der Waals surface area contributed by atoms with Gasteiger partial charge in [0.2, 0.25) is 11.5 Å². The number of urea groups is 1. The fourth-order valence-corrected chi connectivity index (χ4v) is 1.50. The molecule has 0 unspecified atom stereocenters. The molecule has 0 saturated heterocycles. The van der Waals surface area contributed by atoms with Crippen LogP contribution in [0.25, 0.3) is 0 Å². The zero-order valence-electron chi connectivity index (χ0n) is 11.3. The highest BCUT2D eigenvalue weighted by molar-refractivity contribution is 5.96. The minimum atomic E-state index is -0.556. The number of nitrogens with two attached hydrogens (primary N) is 1. The van der Waals surface area contributed by atoms with E-state index in [1.165, 1.54) is 24.3 Å². The highest BCUT2D eigenvalue weighted by atomic mass is 19.1. The summed E-state index contributed by atoms with van der Waals surface area (Å²) >= 11 is 0. The minimum Gasteiger partial charge on any atom is -0.379 e. The maximum Gasteiger partial charge on any atom is 0.319 e. The van der Waals surface area contributed by atoms with Crippen LogP contribution in [0.1, 0.15) is 10.5 Å². The van der Waals surface area contributed by atoms with Crippen molar-refractivity contribution in [1.29, 1.82) is 0 Å². The van der Waals surface area contributed by atoms with E-state index in [2.05, 4.69) is 30.9 Å². The predicted octanol–water partition coefficient (Wildman–Crippen LogP) is 0.342. The molecule has 1 heterocycles. The molecule has 3 amide bonds. The Morgan fingerprint density at radius 2 is 1.82 bits per heavy atom. The second kappa shape index (κ2) is 7.02. The van der Waals surface area contributed by atoms with Crippen LogP contribution in [0.2, 0.25) is 0 Å². The summed E-state index contributed by atoms with van der Waals surface area (Å²) in [5.41, 5.74) is 5.69. The van der Waals surface area contributed by atoms with Crippen LogP contribution < -0.4 is 21.7 Å². The molecule has 0 atom stereocenters. The summed E-state index contributed by atoms with van der Waals surface area (Å²) in [6.07, 6.45) is 0. The number of nitrogens with zero attached hydrogens (tertiary/aromatic N) is 2. The zero-order chi connectivity index (χ0) is 15.9. The SMILES string of the molecule is Nc1nonc1C(=O)NCCNC(=O)Nc1ccc(F)cc1. The van der Waals surface area contributed by atoms with E-state index in [0.717, 1.165) is 0 Å². The summed E-state index contributed by atoms with van der Waals surface area (Å²) in [5.74, 6) is -1.06. The van der Waals surface area contributed by atoms with E-state index in [4.69, 9.17) is 5.73 Å². The van der Waals surface area contributed by atoms with Crippen LogP contribution in [0.5, 0.6) is 0 Å². The third-order valence-electron chi connectivity index (χ3n) is 2.53. The van der Waals surface area contributed by atoms with Crippen molar-refractivity contribution in [3.63, 3.8) is 0 Å². The largest absolute Gasteiger partial charge is 0.379 e. The Morgan fingerprint density at radius 1 is 1.14 bits per heavy atom. The highest BCUT2D eigenvalue weighted by Crippen LogP contribution is 2.07. The van der Waals surface area contributed by atoms with Crippen LogP contribution in [0.4, 0.5) is 20.7 Å². The summed E-state index contributed by atoms with van der Waals surface area (Å²) in [6, 6.07) is 4.83. The predicted molar refractivity (Wildman–Crippen MR) is 74.5 cm³/mol. The van der Waals surface area contributed by atoms with E-state index in [-0.39, 0.29) is 24.6 Å². The van der Waals surface area contributed by atoms with Gasteiger partial charge in [0.25, 0.3) is 5.91 Å². The number of anilines is 2. The first-order chi connectivity index (χ1) is 10.6. The lowest BCUT2D eigenvalue weighted by Crippen LogP contribution is -2.37. The Balaban J connectivity index is 1.68. The summed E-state index contributed by atoms with van der Waals surface area (Å²) in [4.78, 5) is 23.1. The van der Waals surface area contributed by atoms with Crippen molar-refractivity contribution >= 4 is 23.4 Å². The van der Waals surface area contributed by atoms with E-state index < -0.39 is 17.8 Å². The summed E-state index contributed by atoms with van der Waals surface area (Å²) in [7, 11) is 0. The molecule has 1 aromatic carbocycles. The monoisotopic (exact) mass is 308 g/mol. The Bertz CT molecular complexity index is 657. The Kier molecular flexibility index (Phi) is 4.85. The molecule has 0 radical (unpaired) electrons. The number of aromatic nitrogens is 2. The van der Waals surface area contributed by atoms with Gasteiger partial charge in [-0.1, -0.05) is 0 Å². The lowest BCUT2D eigenvalue weighted by molar-refractivity contribution is 0.0944. The number of carbonyl (C=O) groups is 2. The van der Waals surface area contributed by atoms with E-state index in [1.807, 2.05) is 0 Å². The summed E-state index contributed by atoms with van der Waals surface area (Å²) in [6.45, 7) is 0.325. The molecule has 0 bridgehead atoms. The van der Waals surface area contributed by atoms with Crippen LogP contribution >= 0.6 is 0 Å². The molecule has 116 valence electrons. The Labute approximate surface area is 124 Å². The number of hydrogen-bond acceptors (Lipinski definition) is 6. The first kappa shape index (κ1) is 15.2. The van der Waals surface area contributed by atoms with Gasteiger partial charge in [-0.3, -0.25) is 4.79 Å². The van der Waals surface area contributed by atoms with Gasteiger partial charge >= 0.3 is 6.03 Å². The fraction of sp³-hybridized carbons (Fsp3) is 0.167. The first-order valence-corrected chi connectivity index (χ1v) is 6.23. The molecule has 5 N–H and O–H groups in total. The molecule has 1 aromatic heterocycles. The fourth-order valence-electron chi connectivity index (χ4n) is 1.50. The first-order valence-electron chi connectivity index (χ1n) is 6.23. The van der Waals surface area contributed by atoms with Gasteiger partial charge in [-0.25, -0.2) is 13.8 Å². The topological polar surface area (TPSA) is 135 Å². The maximum absolute atomic E-state index is 12.7. The molecule has 9 nitrogen and oxygen atoms in total. The molecule has 10 heteroatoms. The summed E-state index contributed by atoms with van der Waals surface area (Å²) < 4.78 is 17.0. The highest BCUT2D eigenvalue weighted by Gasteiger charge is 2.15. The van der Waals surface area contributed by atoms with E-state index in [0.29, 0.717) is 5.69 Å². The molecule has 2 rings (SSSR count). The van der Waals surface area contributed by atoms with Gasteiger partial charge < -0.3 is 21.7 Å². The molecule has 0 spiro atoms. The van der Waals surface area contributed by atoms with Gasteiger partial charge in [0.15, 0.2) is 0 Å². The van der Waals surface area contributed by atoms with E-state index >= 15 is 0 Å². The van der Waals surface area contributed by atoms with Crippen LogP contribution in [-0.4, -0.2) is 35.3 Å². The van der Waals surface area contributed by atoms with Crippen molar-refractivity contribution in [2.45, 2.75) is 0 Å². The molecular formula is C12H13FN6O3. The van der Waals surface area contributed by atoms with E-state index in [9.17, 15) is 14.0 Å². The minimum absolute atomic E-state index is 0.112. The van der Waals surface area contributed by atoms with Gasteiger partial charge in [0.1, 0.15) is 5.82 Å². The lowest BCUT2D eigenvalue weighted by Gasteiger charge is -2.08. The van der Waals surface area contributed by atoms with Crippen molar-refractivity contribution in [2.24, 2.45) is 0 Å². The van der Waals surface area contributed by atoms with Crippen molar-refractivity contribution in [2.75, 3.05) is 24.1 Å². The van der Waals surface area contributed by atoms with Gasteiger partial charge in [-0.05, 0) is 34.6 Å². The number of carbonyl (C=O) groups excluding carboxylic acids is 2. The Hall–Kier alpha value is -3.17. The molecule has 0 aliphatic rings.